The molecule has 2 heterocycles. The summed E-state index contributed by atoms with van der Waals surface area (Å²) in [5.41, 5.74) is 7.36. The minimum Gasteiger partial charge on any atom is -0.443 e. The number of nitrogens with one attached hydrogen (secondary N) is 1. The number of aromatic amines is 1. The number of nitrogens with zero attached hydrogens (tertiary/aromatic N) is 1. The first kappa shape index (κ1) is 9.30. The lowest BCUT2D eigenvalue weighted by molar-refractivity contribution is 0.581. The number of halogens is 1. The summed E-state index contributed by atoms with van der Waals surface area (Å²) < 4.78 is 5.27. The number of rotatable bonds is 3. The van der Waals surface area contributed by atoms with Crippen molar-refractivity contribution in [1.29, 1.82) is 0 Å². The normalized spacial score (nSPS) is 10.7. The molecule has 0 spiro atoms. The number of hydrogen-bond donors (Lipinski definition) is 2. The molecule has 4 nitrogen and oxygen atoms in total. The van der Waals surface area contributed by atoms with Gasteiger partial charge in [0, 0.05) is 5.56 Å². The van der Waals surface area contributed by atoms with Crippen LogP contribution in [0.5, 0.6) is 0 Å². The van der Waals surface area contributed by atoms with Crippen LogP contribution in [0.1, 0.15) is 5.56 Å². The second kappa shape index (κ2) is 3.86. The van der Waals surface area contributed by atoms with Crippen LogP contribution in [0.3, 0.4) is 0 Å². The summed E-state index contributed by atoms with van der Waals surface area (Å²) >= 11 is 5.68. The number of nitrogens with two attached hydrogens (primary N) is 1. The van der Waals surface area contributed by atoms with Crippen molar-refractivity contribution in [1.82, 2.24) is 10.2 Å². The van der Waals surface area contributed by atoms with Gasteiger partial charge in [-0.05, 0) is 36.7 Å². The van der Waals surface area contributed by atoms with Gasteiger partial charge in [-0.2, -0.15) is 5.10 Å². The zero-order valence-corrected chi connectivity index (χ0v) is 8.21. The minimum absolute atomic E-state index is 0.369. The molecule has 0 aliphatic heterocycles. The molecule has 0 atom stereocenters. The Labute approximate surface area is 86.1 Å². The van der Waals surface area contributed by atoms with Crippen LogP contribution in [0.2, 0.25) is 5.22 Å². The van der Waals surface area contributed by atoms with E-state index < -0.39 is 0 Å². The first-order valence-electron chi connectivity index (χ1n) is 4.29. The van der Waals surface area contributed by atoms with Crippen LogP contribution in [0, 0.1) is 0 Å². The minimum atomic E-state index is 0.369. The van der Waals surface area contributed by atoms with Gasteiger partial charge in [-0.1, -0.05) is 0 Å². The highest BCUT2D eigenvalue weighted by Crippen LogP contribution is 2.25. The standard InChI is InChI=1S/C9H10ClN3O/c10-8-2-1-7(14-8)9-6(3-4-11)5-12-13-9/h1-2,5H,3-4,11H2,(H,12,13). The summed E-state index contributed by atoms with van der Waals surface area (Å²) in [6, 6.07) is 3.50. The fourth-order valence-corrected chi connectivity index (χ4v) is 1.46. The predicted octanol–water partition coefficient (Wildman–Crippen LogP) is 1.82. The van der Waals surface area contributed by atoms with Crippen LogP contribution in [0.25, 0.3) is 11.5 Å². The fraction of sp³-hybridized carbons (Fsp3) is 0.222. The second-order valence-electron chi connectivity index (χ2n) is 2.91. The molecule has 0 fully saturated rings. The van der Waals surface area contributed by atoms with Gasteiger partial charge in [0.2, 0.25) is 0 Å². The monoisotopic (exact) mass is 211 g/mol. The fourth-order valence-electron chi connectivity index (χ4n) is 1.32. The van der Waals surface area contributed by atoms with Crippen molar-refractivity contribution in [3.63, 3.8) is 0 Å². The predicted molar refractivity (Wildman–Crippen MR) is 54.1 cm³/mol. The van der Waals surface area contributed by atoms with Crippen LogP contribution in [-0.2, 0) is 6.42 Å². The van der Waals surface area contributed by atoms with Gasteiger partial charge in [-0.15, -0.1) is 0 Å². The van der Waals surface area contributed by atoms with Crippen molar-refractivity contribution in [3.05, 3.63) is 29.1 Å². The van der Waals surface area contributed by atoms with E-state index in [-0.39, 0.29) is 0 Å². The topological polar surface area (TPSA) is 67.8 Å². The van der Waals surface area contributed by atoms with Gasteiger partial charge in [-0.25, -0.2) is 0 Å². The molecule has 0 aliphatic rings. The van der Waals surface area contributed by atoms with Crippen LogP contribution in [0.4, 0.5) is 0 Å². The number of hydrogen-bond acceptors (Lipinski definition) is 3. The Morgan fingerprint density at radius 3 is 3.00 bits per heavy atom. The lowest BCUT2D eigenvalue weighted by Gasteiger charge is -1.96. The molecule has 2 aromatic rings. The van der Waals surface area contributed by atoms with Crippen molar-refractivity contribution in [2.75, 3.05) is 6.54 Å². The zero-order chi connectivity index (χ0) is 9.97. The maximum atomic E-state index is 5.68. The molecule has 0 amide bonds. The van der Waals surface area contributed by atoms with Crippen molar-refractivity contribution in [2.45, 2.75) is 6.42 Å². The van der Waals surface area contributed by atoms with Gasteiger partial charge in [0.15, 0.2) is 11.0 Å². The molecule has 0 saturated carbocycles. The highest BCUT2D eigenvalue weighted by atomic mass is 35.5. The summed E-state index contributed by atoms with van der Waals surface area (Å²) in [6.45, 7) is 0.584. The molecule has 0 unspecified atom stereocenters. The summed E-state index contributed by atoms with van der Waals surface area (Å²) in [5, 5.41) is 7.17. The van der Waals surface area contributed by atoms with Crippen LogP contribution in [0.15, 0.2) is 22.7 Å². The summed E-state index contributed by atoms with van der Waals surface area (Å²) in [5.74, 6) is 0.691. The van der Waals surface area contributed by atoms with E-state index >= 15 is 0 Å². The molecule has 0 aromatic carbocycles. The Balaban J connectivity index is 2.36. The van der Waals surface area contributed by atoms with E-state index in [1.165, 1.54) is 0 Å². The molecule has 0 radical (unpaired) electrons. The van der Waals surface area contributed by atoms with E-state index in [0.717, 1.165) is 17.7 Å². The van der Waals surface area contributed by atoms with Gasteiger partial charge in [0.1, 0.15) is 5.69 Å². The van der Waals surface area contributed by atoms with Crippen molar-refractivity contribution < 1.29 is 4.42 Å². The van der Waals surface area contributed by atoms with Gasteiger partial charge in [0.05, 0.1) is 6.20 Å². The highest BCUT2D eigenvalue weighted by molar-refractivity contribution is 6.28. The highest BCUT2D eigenvalue weighted by Gasteiger charge is 2.10. The van der Waals surface area contributed by atoms with E-state index in [0.29, 0.717) is 17.5 Å². The lowest BCUT2D eigenvalue weighted by atomic mass is 10.1. The largest absolute Gasteiger partial charge is 0.443 e. The van der Waals surface area contributed by atoms with E-state index in [4.69, 9.17) is 21.8 Å². The van der Waals surface area contributed by atoms with E-state index in [2.05, 4.69) is 10.2 Å². The average molecular weight is 212 g/mol. The maximum Gasteiger partial charge on any atom is 0.194 e. The molecule has 5 heteroatoms. The molecule has 14 heavy (non-hydrogen) atoms. The summed E-state index contributed by atoms with van der Waals surface area (Å²) in [7, 11) is 0. The van der Waals surface area contributed by atoms with Gasteiger partial charge < -0.3 is 10.2 Å². The Bertz CT molecular complexity index is 421. The molecule has 0 aliphatic carbocycles. The Morgan fingerprint density at radius 2 is 2.36 bits per heavy atom. The first-order valence-corrected chi connectivity index (χ1v) is 4.67. The van der Waals surface area contributed by atoms with Gasteiger partial charge in [-0.3, -0.25) is 5.10 Å². The molecular formula is C9H10ClN3O. The van der Waals surface area contributed by atoms with Crippen LogP contribution < -0.4 is 5.73 Å². The third-order valence-corrected chi connectivity index (χ3v) is 2.15. The summed E-state index contributed by atoms with van der Waals surface area (Å²) in [6.07, 6.45) is 2.52. The number of furan rings is 1. The molecule has 3 N–H and O–H groups in total. The molecular weight excluding hydrogens is 202 g/mol. The SMILES string of the molecule is NCCc1cn[nH]c1-c1ccc(Cl)o1. The smallest absolute Gasteiger partial charge is 0.194 e. The Morgan fingerprint density at radius 1 is 1.50 bits per heavy atom. The maximum absolute atomic E-state index is 5.68. The van der Waals surface area contributed by atoms with Crippen LogP contribution >= 0.6 is 11.6 Å². The number of H-pyrrole nitrogens is 1. The van der Waals surface area contributed by atoms with E-state index in [9.17, 15) is 0 Å². The Kier molecular flexibility index (Phi) is 2.56. The first-order chi connectivity index (χ1) is 6.81. The Hall–Kier alpha value is -1.26. The molecule has 0 bridgehead atoms. The van der Waals surface area contributed by atoms with Crippen molar-refractivity contribution >= 4 is 11.6 Å². The van der Waals surface area contributed by atoms with Crippen molar-refractivity contribution in [3.8, 4) is 11.5 Å². The van der Waals surface area contributed by atoms with E-state index in [1.54, 1.807) is 18.3 Å². The summed E-state index contributed by atoms with van der Waals surface area (Å²) in [4.78, 5) is 0. The van der Waals surface area contributed by atoms with E-state index in [1.807, 2.05) is 0 Å². The molecule has 2 rings (SSSR count). The molecule has 2 aromatic heterocycles. The number of aromatic nitrogens is 2. The van der Waals surface area contributed by atoms with Crippen LogP contribution in [-0.4, -0.2) is 16.7 Å². The van der Waals surface area contributed by atoms with Gasteiger partial charge >= 0.3 is 0 Å². The van der Waals surface area contributed by atoms with Crippen molar-refractivity contribution in [2.24, 2.45) is 5.73 Å². The average Bonchev–Trinajstić information content (AvgIpc) is 2.74. The second-order valence-corrected chi connectivity index (χ2v) is 3.29. The van der Waals surface area contributed by atoms with Gasteiger partial charge in [0.25, 0.3) is 0 Å². The quantitative estimate of drug-likeness (QED) is 0.814. The molecule has 74 valence electrons. The third kappa shape index (κ3) is 1.66. The zero-order valence-electron chi connectivity index (χ0n) is 7.46. The lowest BCUT2D eigenvalue weighted by Crippen LogP contribution is -2.02. The third-order valence-electron chi connectivity index (χ3n) is 1.95. The molecule has 0 saturated heterocycles.